The van der Waals surface area contributed by atoms with Crippen LogP contribution < -0.4 is 10.9 Å². The Bertz CT molecular complexity index is 683. The van der Waals surface area contributed by atoms with Gasteiger partial charge in [-0.05, 0) is 0 Å². The fourth-order valence-electron chi connectivity index (χ4n) is 2.51. The number of imidazole rings is 1. The summed E-state index contributed by atoms with van der Waals surface area (Å²) in [6.07, 6.45) is 1.53. The molecule has 1 aliphatic rings. The van der Waals surface area contributed by atoms with Crippen molar-refractivity contribution in [1.82, 2.24) is 24.8 Å². The molecule has 2 aromatic rings. The van der Waals surface area contributed by atoms with Crippen LogP contribution in [-0.2, 0) is 6.54 Å². The van der Waals surface area contributed by atoms with Crippen molar-refractivity contribution in [2.75, 3.05) is 13.2 Å². The van der Waals surface area contributed by atoms with E-state index in [1.807, 2.05) is 0 Å². The van der Waals surface area contributed by atoms with Gasteiger partial charge < -0.3 is 30.2 Å². The number of nitrogens with zero attached hydrogens (tertiary/aromatic N) is 3. The van der Waals surface area contributed by atoms with Gasteiger partial charge in [0.1, 0.15) is 11.7 Å². The Morgan fingerprint density at radius 3 is 3.00 bits per heavy atom. The molecule has 9 nitrogen and oxygen atoms in total. The number of aromatic amines is 1. The van der Waals surface area contributed by atoms with Crippen LogP contribution in [0.5, 0.6) is 0 Å². The summed E-state index contributed by atoms with van der Waals surface area (Å²) in [4.78, 5) is 21.9. The summed E-state index contributed by atoms with van der Waals surface area (Å²) in [5.74, 6) is 0. The summed E-state index contributed by atoms with van der Waals surface area (Å²) in [7, 11) is 0. The SMILES string of the molecule is O=c1[nH]cnc2c1ncn2C[C@]1(O)CN[C@H](CO)[C@H]1O. The third-order valence-electron chi connectivity index (χ3n) is 3.65. The van der Waals surface area contributed by atoms with E-state index in [2.05, 4.69) is 20.3 Å². The molecule has 3 atom stereocenters. The number of nitrogens with one attached hydrogen (secondary N) is 2. The lowest BCUT2D eigenvalue weighted by molar-refractivity contribution is -0.0641. The monoisotopic (exact) mass is 281 g/mol. The highest BCUT2D eigenvalue weighted by Gasteiger charge is 2.46. The molecule has 1 saturated heterocycles. The van der Waals surface area contributed by atoms with Crippen LogP contribution >= 0.6 is 0 Å². The summed E-state index contributed by atoms with van der Waals surface area (Å²) < 4.78 is 1.51. The number of aliphatic hydroxyl groups is 3. The normalized spacial score (nSPS) is 30.1. The quantitative estimate of drug-likeness (QED) is 0.409. The van der Waals surface area contributed by atoms with Crippen LogP contribution in [0.1, 0.15) is 0 Å². The minimum absolute atomic E-state index is 0.0185. The van der Waals surface area contributed by atoms with Crippen molar-refractivity contribution in [2.45, 2.75) is 24.3 Å². The molecule has 1 fully saturated rings. The molecule has 5 N–H and O–H groups in total. The van der Waals surface area contributed by atoms with Crippen molar-refractivity contribution < 1.29 is 15.3 Å². The Balaban J connectivity index is 1.94. The number of aliphatic hydroxyl groups excluding tert-OH is 2. The van der Waals surface area contributed by atoms with E-state index < -0.39 is 17.7 Å². The van der Waals surface area contributed by atoms with Gasteiger partial charge in [0, 0.05) is 6.54 Å². The van der Waals surface area contributed by atoms with Crippen molar-refractivity contribution in [1.29, 1.82) is 0 Å². The standard InChI is InChI=1S/C11H15N5O4/c17-1-6-8(18)11(20,2-12-6)3-16-5-15-7-9(16)13-4-14-10(7)19/h4-6,8,12,17-18,20H,1-3H2,(H,13,14,19)/t6-,8-,11-/m1/s1. The zero-order chi connectivity index (χ0) is 14.3. The van der Waals surface area contributed by atoms with Gasteiger partial charge in [-0.2, -0.15) is 0 Å². The molecule has 0 spiro atoms. The van der Waals surface area contributed by atoms with Crippen molar-refractivity contribution in [2.24, 2.45) is 0 Å². The number of aromatic nitrogens is 4. The Kier molecular flexibility index (Phi) is 3.05. The van der Waals surface area contributed by atoms with Gasteiger partial charge in [0.05, 0.1) is 31.8 Å². The average Bonchev–Trinajstić information content (AvgIpc) is 2.95. The second kappa shape index (κ2) is 4.63. The van der Waals surface area contributed by atoms with Gasteiger partial charge >= 0.3 is 0 Å². The van der Waals surface area contributed by atoms with E-state index in [0.717, 1.165) is 0 Å². The van der Waals surface area contributed by atoms with Gasteiger partial charge in [-0.15, -0.1) is 0 Å². The van der Waals surface area contributed by atoms with Gasteiger partial charge in [0.25, 0.3) is 5.56 Å². The van der Waals surface area contributed by atoms with Crippen LogP contribution in [0.3, 0.4) is 0 Å². The number of fused-ring (bicyclic) bond motifs is 1. The molecule has 0 amide bonds. The summed E-state index contributed by atoms with van der Waals surface area (Å²) in [5.41, 5.74) is -1.30. The maximum atomic E-state index is 11.5. The Morgan fingerprint density at radius 1 is 1.50 bits per heavy atom. The predicted molar refractivity (Wildman–Crippen MR) is 68.0 cm³/mol. The van der Waals surface area contributed by atoms with E-state index in [4.69, 9.17) is 5.11 Å². The minimum Gasteiger partial charge on any atom is -0.395 e. The molecule has 3 heterocycles. The highest BCUT2D eigenvalue weighted by Crippen LogP contribution is 2.23. The van der Waals surface area contributed by atoms with Crippen LogP contribution in [0, 0.1) is 0 Å². The molecule has 0 radical (unpaired) electrons. The van der Waals surface area contributed by atoms with Gasteiger partial charge in [-0.3, -0.25) is 4.79 Å². The van der Waals surface area contributed by atoms with Crippen molar-refractivity contribution in [3.63, 3.8) is 0 Å². The van der Waals surface area contributed by atoms with Crippen LogP contribution in [0.15, 0.2) is 17.4 Å². The van der Waals surface area contributed by atoms with Crippen molar-refractivity contribution >= 4 is 11.2 Å². The molecule has 108 valence electrons. The second-order valence-corrected chi connectivity index (χ2v) is 4.99. The number of rotatable bonds is 3. The molecule has 1 aliphatic heterocycles. The zero-order valence-corrected chi connectivity index (χ0v) is 10.5. The van der Waals surface area contributed by atoms with E-state index in [1.165, 1.54) is 17.2 Å². The average molecular weight is 281 g/mol. The topological polar surface area (TPSA) is 136 Å². The maximum absolute atomic E-state index is 11.5. The summed E-state index contributed by atoms with van der Waals surface area (Å²) in [6, 6.07) is -0.578. The summed E-state index contributed by atoms with van der Waals surface area (Å²) >= 11 is 0. The molecular formula is C11H15N5O4. The number of β-amino-alcohol motifs (C(OH)–C–C–N with tert-alkyl or cyclic N) is 1. The predicted octanol–water partition coefficient (Wildman–Crippen LogP) is -2.82. The van der Waals surface area contributed by atoms with E-state index in [9.17, 15) is 15.0 Å². The number of hydrogen-bond donors (Lipinski definition) is 5. The van der Waals surface area contributed by atoms with E-state index in [0.29, 0.717) is 5.65 Å². The first-order valence-corrected chi connectivity index (χ1v) is 6.18. The summed E-state index contributed by atoms with van der Waals surface area (Å²) in [6.45, 7) is -0.126. The lowest BCUT2D eigenvalue weighted by Crippen LogP contribution is -2.47. The molecule has 0 bridgehead atoms. The van der Waals surface area contributed by atoms with Gasteiger partial charge in [0.15, 0.2) is 11.2 Å². The fraction of sp³-hybridized carbons (Fsp3) is 0.545. The molecule has 0 saturated carbocycles. The van der Waals surface area contributed by atoms with Gasteiger partial charge in [0.2, 0.25) is 0 Å². The number of H-pyrrole nitrogens is 1. The van der Waals surface area contributed by atoms with Crippen LogP contribution in [0.25, 0.3) is 11.2 Å². The largest absolute Gasteiger partial charge is 0.395 e. The lowest BCUT2D eigenvalue weighted by atomic mass is 9.96. The molecule has 9 heteroatoms. The molecule has 20 heavy (non-hydrogen) atoms. The van der Waals surface area contributed by atoms with Crippen LogP contribution in [0.4, 0.5) is 0 Å². The first-order chi connectivity index (χ1) is 9.55. The van der Waals surface area contributed by atoms with E-state index in [-0.39, 0.29) is 30.8 Å². The second-order valence-electron chi connectivity index (χ2n) is 4.99. The lowest BCUT2D eigenvalue weighted by Gasteiger charge is -2.27. The Morgan fingerprint density at radius 2 is 2.30 bits per heavy atom. The Hall–Kier alpha value is -1.81. The zero-order valence-electron chi connectivity index (χ0n) is 10.5. The van der Waals surface area contributed by atoms with E-state index in [1.54, 1.807) is 0 Å². The third kappa shape index (κ3) is 1.91. The fourth-order valence-corrected chi connectivity index (χ4v) is 2.51. The first kappa shape index (κ1) is 13.2. The molecule has 0 aromatic carbocycles. The molecule has 2 aromatic heterocycles. The minimum atomic E-state index is -1.45. The molecule has 0 aliphatic carbocycles. The highest BCUT2D eigenvalue weighted by atomic mass is 16.3. The van der Waals surface area contributed by atoms with E-state index >= 15 is 0 Å². The highest BCUT2D eigenvalue weighted by molar-refractivity contribution is 5.68. The van der Waals surface area contributed by atoms with Gasteiger partial charge in [-0.25, -0.2) is 9.97 Å². The number of hydrogen-bond acceptors (Lipinski definition) is 7. The molecule has 3 rings (SSSR count). The van der Waals surface area contributed by atoms with Crippen molar-refractivity contribution in [3.05, 3.63) is 23.0 Å². The first-order valence-electron chi connectivity index (χ1n) is 6.18. The third-order valence-corrected chi connectivity index (χ3v) is 3.65. The van der Waals surface area contributed by atoms with Gasteiger partial charge in [-0.1, -0.05) is 0 Å². The smallest absolute Gasteiger partial charge is 0.278 e. The van der Waals surface area contributed by atoms with Crippen LogP contribution in [-0.4, -0.2) is 65.7 Å². The Labute approximate surface area is 112 Å². The molecular weight excluding hydrogens is 266 g/mol. The van der Waals surface area contributed by atoms with Crippen LogP contribution in [0.2, 0.25) is 0 Å². The molecule has 0 unspecified atom stereocenters. The summed E-state index contributed by atoms with van der Waals surface area (Å²) in [5, 5.41) is 32.5. The maximum Gasteiger partial charge on any atom is 0.278 e. The van der Waals surface area contributed by atoms with Crippen molar-refractivity contribution in [3.8, 4) is 0 Å².